The van der Waals surface area contributed by atoms with Crippen molar-refractivity contribution in [1.29, 1.82) is 0 Å². The molecule has 0 spiro atoms. The number of halogens is 4. The van der Waals surface area contributed by atoms with E-state index in [4.69, 9.17) is 4.74 Å². The summed E-state index contributed by atoms with van der Waals surface area (Å²) in [4.78, 5) is 23.8. The monoisotopic (exact) mass is 431 g/mol. The second-order valence-electron chi connectivity index (χ2n) is 6.34. The highest BCUT2D eigenvalue weighted by Crippen LogP contribution is 2.34. The average Bonchev–Trinajstić information content (AvgIpc) is 3.14. The van der Waals surface area contributed by atoms with E-state index >= 15 is 0 Å². The van der Waals surface area contributed by atoms with Crippen LogP contribution in [0.15, 0.2) is 54.9 Å². The predicted octanol–water partition coefficient (Wildman–Crippen LogP) is 4.23. The standard InChI is InChI=1S/C20H13F4N5O2/c1-31-13-6-7-15-14(8-13)27-19(20(22,23)24)29(15)17-10-25-16(9-26-17)28-18(30)11-2-4-12(21)5-3-11/h2-10H,1H3,(H,25,28,30). The Balaban J connectivity index is 1.68. The van der Waals surface area contributed by atoms with E-state index in [2.05, 4.69) is 20.3 Å². The molecule has 4 aromatic rings. The Morgan fingerprint density at radius 3 is 2.42 bits per heavy atom. The molecule has 0 unspecified atom stereocenters. The molecule has 1 amide bonds. The first kappa shape index (κ1) is 20.3. The van der Waals surface area contributed by atoms with Crippen molar-refractivity contribution in [3.63, 3.8) is 0 Å². The van der Waals surface area contributed by atoms with Crippen LogP contribution >= 0.6 is 0 Å². The number of carbonyl (C=O) groups is 1. The van der Waals surface area contributed by atoms with Crippen LogP contribution in [-0.2, 0) is 6.18 Å². The Morgan fingerprint density at radius 2 is 1.81 bits per heavy atom. The molecule has 0 radical (unpaired) electrons. The van der Waals surface area contributed by atoms with Gasteiger partial charge in [-0.25, -0.2) is 19.3 Å². The minimum Gasteiger partial charge on any atom is -0.497 e. The molecule has 0 aliphatic carbocycles. The molecular weight excluding hydrogens is 418 g/mol. The van der Waals surface area contributed by atoms with Crippen molar-refractivity contribution < 1.29 is 27.1 Å². The maximum absolute atomic E-state index is 13.6. The highest BCUT2D eigenvalue weighted by atomic mass is 19.4. The molecule has 7 nitrogen and oxygen atoms in total. The number of methoxy groups -OCH3 is 1. The molecule has 0 fully saturated rings. The van der Waals surface area contributed by atoms with Crippen LogP contribution in [0, 0.1) is 5.82 Å². The lowest BCUT2D eigenvalue weighted by molar-refractivity contribution is -0.145. The van der Waals surface area contributed by atoms with Crippen LogP contribution in [0.5, 0.6) is 5.75 Å². The van der Waals surface area contributed by atoms with Gasteiger partial charge in [0, 0.05) is 11.6 Å². The molecule has 2 aromatic heterocycles. The molecule has 1 N–H and O–H groups in total. The molecule has 0 saturated carbocycles. The van der Waals surface area contributed by atoms with Crippen molar-refractivity contribution >= 4 is 22.8 Å². The Morgan fingerprint density at radius 1 is 1.06 bits per heavy atom. The molecule has 2 heterocycles. The SMILES string of the molecule is COc1ccc2c(c1)nc(C(F)(F)F)n2-c1cnc(NC(=O)c2ccc(F)cc2)cn1. The lowest BCUT2D eigenvalue weighted by Crippen LogP contribution is -2.16. The number of nitrogens with zero attached hydrogens (tertiary/aromatic N) is 4. The first-order valence-electron chi connectivity index (χ1n) is 8.79. The second kappa shape index (κ2) is 7.67. The van der Waals surface area contributed by atoms with Crippen LogP contribution < -0.4 is 10.1 Å². The summed E-state index contributed by atoms with van der Waals surface area (Å²) in [6.07, 6.45) is -2.55. The maximum Gasteiger partial charge on any atom is 0.450 e. The summed E-state index contributed by atoms with van der Waals surface area (Å²) in [6, 6.07) is 9.14. The minimum atomic E-state index is -4.75. The van der Waals surface area contributed by atoms with E-state index in [0.717, 1.165) is 29.1 Å². The van der Waals surface area contributed by atoms with Crippen molar-refractivity contribution in [3.05, 3.63) is 72.1 Å². The quantitative estimate of drug-likeness (QED) is 0.489. The van der Waals surface area contributed by atoms with Gasteiger partial charge in [-0.15, -0.1) is 0 Å². The number of aromatic nitrogens is 4. The fourth-order valence-electron chi connectivity index (χ4n) is 2.90. The van der Waals surface area contributed by atoms with Gasteiger partial charge in [0.25, 0.3) is 5.91 Å². The Bertz CT molecular complexity index is 1250. The number of amides is 1. The molecule has 0 saturated heterocycles. The molecule has 0 bridgehead atoms. The second-order valence-corrected chi connectivity index (χ2v) is 6.34. The number of ether oxygens (including phenoxy) is 1. The molecular formula is C20H13F4N5O2. The molecule has 0 aliphatic heterocycles. The van der Waals surface area contributed by atoms with Gasteiger partial charge in [0.1, 0.15) is 11.6 Å². The number of hydrogen-bond acceptors (Lipinski definition) is 5. The molecule has 11 heteroatoms. The van der Waals surface area contributed by atoms with E-state index in [1.54, 1.807) is 0 Å². The van der Waals surface area contributed by atoms with E-state index in [-0.39, 0.29) is 28.2 Å². The number of carbonyl (C=O) groups excluding carboxylic acids is 1. The zero-order valence-corrected chi connectivity index (χ0v) is 15.8. The normalized spacial score (nSPS) is 11.5. The smallest absolute Gasteiger partial charge is 0.450 e. The molecule has 2 aromatic carbocycles. The van der Waals surface area contributed by atoms with E-state index in [9.17, 15) is 22.4 Å². The topological polar surface area (TPSA) is 81.9 Å². The van der Waals surface area contributed by atoms with Crippen molar-refractivity contribution in [1.82, 2.24) is 19.5 Å². The summed E-state index contributed by atoms with van der Waals surface area (Å²) in [6.45, 7) is 0. The molecule has 31 heavy (non-hydrogen) atoms. The van der Waals surface area contributed by atoms with Gasteiger partial charge in [0.15, 0.2) is 11.6 Å². The zero-order valence-electron chi connectivity index (χ0n) is 15.8. The summed E-state index contributed by atoms with van der Waals surface area (Å²) in [5.74, 6) is -2.01. The number of benzene rings is 2. The summed E-state index contributed by atoms with van der Waals surface area (Å²) in [5.41, 5.74) is 0.411. The van der Waals surface area contributed by atoms with Crippen LogP contribution in [0.1, 0.15) is 16.2 Å². The number of hydrogen-bond donors (Lipinski definition) is 1. The zero-order chi connectivity index (χ0) is 22.2. The maximum atomic E-state index is 13.6. The van der Waals surface area contributed by atoms with Crippen molar-refractivity contribution in [2.24, 2.45) is 0 Å². The van der Waals surface area contributed by atoms with Gasteiger partial charge in [-0.05, 0) is 36.4 Å². The Labute approximate surface area is 172 Å². The first-order valence-corrected chi connectivity index (χ1v) is 8.79. The van der Waals surface area contributed by atoms with Crippen molar-refractivity contribution in [3.8, 4) is 11.6 Å². The lowest BCUT2D eigenvalue weighted by atomic mass is 10.2. The summed E-state index contributed by atoms with van der Waals surface area (Å²) in [5, 5.41) is 2.45. The molecule has 4 rings (SSSR count). The lowest BCUT2D eigenvalue weighted by Gasteiger charge is -2.11. The highest BCUT2D eigenvalue weighted by molar-refractivity contribution is 6.03. The summed E-state index contributed by atoms with van der Waals surface area (Å²) in [7, 11) is 1.40. The number of anilines is 1. The number of rotatable bonds is 4. The van der Waals surface area contributed by atoms with Crippen molar-refractivity contribution in [2.75, 3.05) is 12.4 Å². The number of fused-ring (bicyclic) bond motifs is 1. The van der Waals surface area contributed by atoms with E-state index in [1.165, 1.54) is 37.4 Å². The Kier molecular flexibility index (Phi) is 5.01. The van der Waals surface area contributed by atoms with E-state index < -0.39 is 23.7 Å². The average molecular weight is 431 g/mol. The van der Waals surface area contributed by atoms with Crippen LogP contribution in [0.2, 0.25) is 0 Å². The van der Waals surface area contributed by atoms with Gasteiger partial charge in [0.05, 0.1) is 30.5 Å². The van der Waals surface area contributed by atoms with E-state index in [1.807, 2.05) is 0 Å². The summed E-state index contributed by atoms with van der Waals surface area (Å²) >= 11 is 0. The fraction of sp³-hybridized carbons (Fsp3) is 0.100. The number of alkyl halides is 3. The predicted molar refractivity (Wildman–Crippen MR) is 103 cm³/mol. The minimum absolute atomic E-state index is 0.0118. The van der Waals surface area contributed by atoms with Crippen LogP contribution in [0.3, 0.4) is 0 Å². The molecule has 0 aliphatic rings. The van der Waals surface area contributed by atoms with Crippen LogP contribution in [0.4, 0.5) is 23.4 Å². The van der Waals surface area contributed by atoms with Crippen LogP contribution in [0.25, 0.3) is 16.9 Å². The number of imidazole rings is 1. The molecule has 0 atom stereocenters. The van der Waals surface area contributed by atoms with E-state index in [0.29, 0.717) is 5.75 Å². The largest absolute Gasteiger partial charge is 0.497 e. The van der Waals surface area contributed by atoms with Gasteiger partial charge < -0.3 is 10.1 Å². The van der Waals surface area contributed by atoms with Gasteiger partial charge in [0.2, 0.25) is 5.82 Å². The van der Waals surface area contributed by atoms with Gasteiger partial charge in [-0.3, -0.25) is 9.36 Å². The first-order chi connectivity index (χ1) is 14.8. The third-order valence-electron chi connectivity index (χ3n) is 4.33. The fourth-order valence-corrected chi connectivity index (χ4v) is 2.90. The number of nitrogens with one attached hydrogen (secondary N) is 1. The van der Waals surface area contributed by atoms with Gasteiger partial charge in [-0.2, -0.15) is 13.2 Å². The molecule has 158 valence electrons. The third kappa shape index (κ3) is 4.02. The van der Waals surface area contributed by atoms with Crippen LogP contribution in [-0.4, -0.2) is 32.5 Å². The van der Waals surface area contributed by atoms with Crippen molar-refractivity contribution in [2.45, 2.75) is 6.18 Å². The summed E-state index contributed by atoms with van der Waals surface area (Å²) < 4.78 is 59.6. The van der Waals surface area contributed by atoms with Gasteiger partial charge in [-0.1, -0.05) is 0 Å². The highest BCUT2D eigenvalue weighted by Gasteiger charge is 2.38. The van der Waals surface area contributed by atoms with Gasteiger partial charge >= 0.3 is 6.18 Å². The third-order valence-corrected chi connectivity index (χ3v) is 4.33. The Hall–Kier alpha value is -4.02.